The molecule has 2 aromatic heterocycles. The molecule has 0 fully saturated rings. The van der Waals surface area contributed by atoms with Crippen molar-refractivity contribution < 1.29 is 0 Å². The van der Waals surface area contributed by atoms with Gasteiger partial charge < -0.3 is 10.2 Å². The van der Waals surface area contributed by atoms with Crippen molar-refractivity contribution in [3.05, 3.63) is 44.7 Å². The van der Waals surface area contributed by atoms with E-state index in [-0.39, 0.29) is 0 Å². The summed E-state index contributed by atoms with van der Waals surface area (Å²) in [4.78, 5) is 8.40. The molecule has 5 heteroatoms. The summed E-state index contributed by atoms with van der Waals surface area (Å²) in [6.07, 6.45) is 2.86. The molecule has 1 aliphatic rings. The molecule has 0 radical (unpaired) electrons. The number of hydrogen-bond acceptors (Lipinski definition) is 4. The standard InChI is InChI=1S/C15H18ClN3S/c1-10-12-4-6-20-14(12)3-5-19(10)15-7-11(8-17-2)13(16)9-18-15/h4,6-7,9-10,17H,3,5,8H2,1-2H3. The summed E-state index contributed by atoms with van der Waals surface area (Å²) in [5, 5.41) is 6.06. The normalized spacial score (nSPS) is 18.1. The van der Waals surface area contributed by atoms with E-state index >= 15 is 0 Å². The molecule has 0 bridgehead atoms. The van der Waals surface area contributed by atoms with Gasteiger partial charge in [0.1, 0.15) is 5.82 Å². The molecule has 20 heavy (non-hydrogen) atoms. The number of halogens is 1. The van der Waals surface area contributed by atoms with Crippen molar-refractivity contribution in [2.75, 3.05) is 18.5 Å². The second kappa shape index (κ2) is 5.72. The summed E-state index contributed by atoms with van der Waals surface area (Å²) in [6.45, 7) is 4.03. The van der Waals surface area contributed by atoms with Gasteiger partial charge in [-0.1, -0.05) is 11.6 Å². The maximum absolute atomic E-state index is 6.19. The number of thiophene rings is 1. The highest BCUT2D eigenvalue weighted by Crippen LogP contribution is 2.35. The molecule has 3 heterocycles. The van der Waals surface area contributed by atoms with E-state index in [2.05, 4.69) is 39.6 Å². The minimum Gasteiger partial charge on any atom is -0.349 e. The Morgan fingerprint density at radius 1 is 1.55 bits per heavy atom. The number of hydrogen-bond donors (Lipinski definition) is 1. The lowest BCUT2D eigenvalue weighted by atomic mass is 10.0. The van der Waals surface area contributed by atoms with Crippen molar-refractivity contribution in [2.45, 2.75) is 25.9 Å². The Hall–Kier alpha value is -1.10. The van der Waals surface area contributed by atoms with Gasteiger partial charge in [-0.25, -0.2) is 4.98 Å². The first kappa shape index (κ1) is 13.9. The summed E-state index contributed by atoms with van der Waals surface area (Å²) in [5.74, 6) is 1.02. The summed E-state index contributed by atoms with van der Waals surface area (Å²) >= 11 is 8.06. The smallest absolute Gasteiger partial charge is 0.129 e. The van der Waals surface area contributed by atoms with Gasteiger partial charge in [0, 0.05) is 24.2 Å². The first-order chi connectivity index (χ1) is 9.70. The van der Waals surface area contributed by atoms with E-state index in [1.165, 1.54) is 10.4 Å². The molecular weight excluding hydrogens is 290 g/mol. The molecule has 1 unspecified atom stereocenters. The van der Waals surface area contributed by atoms with Crippen LogP contribution in [0.1, 0.15) is 29.0 Å². The van der Waals surface area contributed by atoms with Crippen LogP contribution in [0.5, 0.6) is 0 Å². The topological polar surface area (TPSA) is 28.2 Å². The van der Waals surface area contributed by atoms with E-state index in [0.717, 1.165) is 35.9 Å². The molecule has 0 amide bonds. The van der Waals surface area contributed by atoms with Gasteiger partial charge in [0.15, 0.2) is 0 Å². The second-order valence-electron chi connectivity index (χ2n) is 5.08. The Bertz CT molecular complexity index is 611. The lowest BCUT2D eigenvalue weighted by molar-refractivity contribution is 0.624. The molecule has 0 saturated heterocycles. The third-order valence-electron chi connectivity index (χ3n) is 3.86. The second-order valence-corrected chi connectivity index (χ2v) is 6.49. The van der Waals surface area contributed by atoms with E-state index < -0.39 is 0 Å². The number of fused-ring (bicyclic) bond motifs is 1. The number of rotatable bonds is 3. The SMILES string of the molecule is CNCc1cc(N2CCc3sccc3C2C)ncc1Cl. The monoisotopic (exact) mass is 307 g/mol. The van der Waals surface area contributed by atoms with Crippen LogP contribution < -0.4 is 10.2 Å². The van der Waals surface area contributed by atoms with E-state index in [1.54, 1.807) is 6.20 Å². The zero-order valence-corrected chi connectivity index (χ0v) is 13.3. The highest BCUT2D eigenvalue weighted by molar-refractivity contribution is 7.10. The van der Waals surface area contributed by atoms with Crippen molar-refractivity contribution in [3.8, 4) is 0 Å². The Labute approximate surface area is 128 Å². The van der Waals surface area contributed by atoms with Gasteiger partial charge in [-0.15, -0.1) is 11.3 Å². The van der Waals surface area contributed by atoms with Gasteiger partial charge >= 0.3 is 0 Å². The Kier molecular flexibility index (Phi) is 3.96. The maximum atomic E-state index is 6.19. The zero-order valence-electron chi connectivity index (χ0n) is 11.7. The Morgan fingerprint density at radius 3 is 3.20 bits per heavy atom. The maximum Gasteiger partial charge on any atom is 0.129 e. The fraction of sp³-hybridized carbons (Fsp3) is 0.400. The van der Waals surface area contributed by atoms with Crippen molar-refractivity contribution >= 4 is 28.8 Å². The molecule has 106 valence electrons. The van der Waals surface area contributed by atoms with Gasteiger partial charge in [-0.05, 0) is 49.0 Å². The van der Waals surface area contributed by atoms with Crippen LogP contribution in [-0.2, 0) is 13.0 Å². The minimum atomic E-state index is 0.376. The van der Waals surface area contributed by atoms with Gasteiger partial charge in [-0.2, -0.15) is 0 Å². The highest BCUT2D eigenvalue weighted by atomic mass is 35.5. The van der Waals surface area contributed by atoms with Crippen LogP contribution >= 0.6 is 22.9 Å². The average molecular weight is 308 g/mol. The summed E-state index contributed by atoms with van der Waals surface area (Å²) in [5.41, 5.74) is 2.54. The Balaban J connectivity index is 1.92. The Morgan fingerprint density at radius 2 is 2.40 bits per heavy atom. The molecule has 3 nitrogen and oxygen atoms in total. The van der Waals surface area contributed by atoms with Crippen LogP contribution in [0.2, 0.25) is 5.02 Å². The number of pyridine rings is 1. The first-order valence-electron chi connectivity index (χ1n) is 6.82. The third kappa shape index (κ3) is 2.43. The van der Waals surface area contributed by atoms with E-state index in [1.807, 2.05) is 18.4 Å². The molecule has 0 aromatic carbocycles. The molecule has 1 atom stereocenters. The molecule has 1 N–H and O–H groups in total. The van der Waals surface area contributed by atoms with Gasteiger partial charge in [0.2, 0.25) is 0 Å². The van der Waals surface area contributed by atoms with Gasteiger partial charge in [0.05, 0.1) is 11.1 Å². The number of nitrogens with one attached hydrogen (secondary N) is 1. The average Bonchev–Trinajstić information content (AvgIpc) is 2.92. The number of aromatic nitrogens is 1. The minimum absolute atomic E-state index is 0.376. The van der Waals surface area contributed by atoms with Crippen molar-refractivity contribution in [1.82, 2.24) is 10.3 Å². The summed E-state index contributed by atoms with van der Waals surface area (Å²) in [7, 11) is 1.93. The zero-order chi connectivity index (χ0) is 14.1. The molecule has 3 rings (SSSR count). The summed E-state index contributed by atoms with van der Waals surface area (Å²) in [6, 6.07) is 4.72. The third-order valence-corrected chi connectivity index (χ3v) is 5.20. The van der Waals surface area contributed by atoms with Crippen LogP contribution in [-0.4, -0.2) is 18.6 Å². The lowest BCUT2D eigenvalue weighted by Gasteiger charge is -2.34. The first-order valence-corrected chi connectivity index (χ1v) is 8.08. The molecule has 0 saturated carbocycles. The number of nitrogens with zero attached hydrogens (tertiary/aromatic N) is 2. The van der Waals surface area contributed by atoms with E-state index in [4.69, 9.17) is 11.6 Å². The molecule has 1 aliphatic heterocycles. The van der Waals surface area contributed by atoms with Crippen molar-refractivity contribution in [2.24, 2.45) is 0 Å². The number of anilines is 1. The molecule has 2 aromatic rings. The lowest BCUT2D eigenvalue weighted by Crippen LogP contribution is -2.33. The predicted molar refractivity (Wildman–Crippen MR) is 85.8 cm³/mol. The molecule has 0 aliphatic carbocycles. The molecule has 0 spiro atoms. The van der Waals surface area contributed by atoms with E-state index in [9.17, 15) is 0 Å². The van der Waals surface area contributed by atoms with Crippen molar-refractivity contribution in [3.63, 3.8) is 0 Å². The van der Waals surface area contributed by atoms with Gasteiger partial charge in [0.25, 0.3) is 0 Å². The van der Waals surface area contributed by atoms with Crippen LogP contribution in [0.25, 0.3) is 0 Å². The van der Waals surface area contributed by atoms with Crippen LogP contribution in [0.4, 0.5) is 5.82 Å². The van der Waals surface area contributed by atoms with Crippen LogP contribution in [0.3, 0.4) is 0 Å². The van der Waals surface area contributed by atoms with E-state index in [0.29, 0.717) is 6.04 Å². The predicted octanol–water partition coefficient (Wildman–Crippen LogP) is 3.64. The van der Waals surface area contributed by atoms with Crippen LogP contribution in [0.15, 0.2) is 23.7 Å². The van der Waals surface area contributed by atoms with Crippen molar-refractivity contribution in [1.29, 1.82) is 0 Å². The van der Waals surface area contributed by atoms with Gasteiger partial charge in [-0.3, -0.25) is 0 Å². The quantitative estimate of drug-likeness (QED) is 0.938. The fourth-order valence-corrected chi connectivity index (χ4v) is 3.91. The fourth-order valence-electron chi connectivity index (χ4n) is 2.77. The molecular formula is C15H18ClN3S. The largest absolute Gasteiger partial charge is 0.349 e. The van der Waals surface area contributed by atoms with Crippen LogP contribution in [0, 0.1) is 0 Å². The highest BCUT2D eigenvalue weighted by Gasteiger charge is 2.25. The summed E-state index contributed by atoms with van der Waals surface area (Å²) < 4.78 is 0.